The van der Waals surface area contributed by atoms with Gasteiger partial charge in [0.1, 0.15) is 9.71 Å². The molecule has 29 heavy (non-hydrogen) atoms. The zero-order valence-electron chi connectivity index (χ0n) is 17.1. The van der Waals surface area contributed by atoms with Gasteiger partial charge in [0.05, 0.1) is 16.8 Å². The predicted octanol–water partition coefficient (Wildman–Crippen LogP) is 2.99. The van der Waals surface area contributed by atoms with Crippen LogP contribution in [0.25, 0.3) is 10.2 Å². The van der Waals surface area contributed by atoms with Crippen LogP contribution in [0, 0.1) is 0 Å². The molecule has 8 heteroatoms. The van der Waals surface area contributed by atoms with Gasteiger partial charge < -0.3 is 26.0 Å². The van der Waals surface area contributed by atoms with Crippen molar-refractivity contribution in [3.05, 3.63) is 41.1 Å². The number of thiophene rings is 1. The van der Waals surface area contributed by atoms with Gasteiger partial charge in [0, 0.05) is 32.2 Å². The van der Waals surface area contributed by atoms with E-state index in [1.165, 1.54) is 16.9 Å². The lowest BCUT2D eigenvalue weighted by atomic mass is 10.1. The number of ether oxygens (including phenoxy) is 1. The number of allylic oxidation sites excluding steroid dienone is 2. The molecule has 0 saturated carbocycles. The van der Waals surface area contributed by atoms with Crippen molar-refractivity contribution in [1.82, 2.24) is 9.88 Å². The molecule has 0 aliphatic carbocycles. The SMILES string of the molecule is CN(C)CCCOCCCC1=CC=CN(c2ccnc3sc(C(N)=O)c(N)c23)C1. The van der Waals surface area contributed by atoms with Gasteiger partial charge in [0.25, 0.3) is 5.91 Å². The first kappa shape index (κ1) is 21.3. The summed E-state index contributed by atoms with van der Waals surface area (Å²) < 4.78 is 5.73. The molecule has 3 rings (SSSR count). The molecule has 3 heterocycles. The Labute approximate surface area is 175 Å². The number of carbonyl (C=O) groups excluding carboxylic acids is 1. The van der Waals surface area contributed by atoms with Crippen molar-refractivity contribution < 1.29 is 9.53 Å². The molecule has 4 N–H and O–H groups in total. The molecule has 1 amide bonds. The normalized spacial score (nSPS) is 14.0. The molecule has 0 fully saturated rings. The number of primary amides is 1. The fourth-order valence-corrected chi connectivity index (χ4v) is 4.31. The maximum Gasteiger partial charge on any atom is 0.260 e. The highest BCUT2D eigenvalue weighted by molar-refractivity contribution is 7.21. The van der Waals surface area contributed by atoms with E-state index in [1.54, 1.807) is 6.20 Å². The van der Waals surface area contributed by atoms with Crippen molar-refractivity contribution in [2.45, 2.75) is 19.3 Å². The molecule has 2 aromatic heterocycles. The largest absolute Gasteiger partial charge is 0.397 e. The molecule has 7 nitrogen and oxygen atoms in total. The first-order valence-electron chi connectivity index (χ1n) is 9.79. The Morgan fingerprint density at radius 1 is 1.34 bits per heavy atom. The summed E-state index contributed by atoms with van der Waals surface area (Å²) in [5.41, 5.74) is 14.4. The Kier molecular flexibility index (Phi) is 7.24. The average molecular weight is 416 g/mol. The predicted molar refractivity (Wildman–Crippen MR) is 120 cm³/mol. The minimum absolute atomic E-state index is 0.364. The second kappa shape index (κ2) is 9.87. The third-order valence-electron chi connectivity index (χ3n) is 4.79. The van der Waals surface area contributed by atoms with E-state index in [4.69, 9.17) is 16.2 Å². The van der Waals surface area contributed by atoms with Crippen molar-refractivity contribution in [1.29, 1.82) is 0 Å². The molecule has 0 atom stereocenters. The molecule has 0 aromatic carbocycles. The highest BCUT2D eigenvalue weighted by atomic mass is 32.1. The average Bonchev–Trinajstić information content (AvgIpc) is 3.04. The second-order valence-corrected chi connectivity index (χ2v) is 8.39. The van der Waals surface area contributed by atoms with E-state index < -0.39 is 5.91 Å². The zero-order valence-corrected chi connectivity index (χ0v) is 17.9. The number of hydrogen-bond donors (Lipinski definition) is 2. The number of nitrogen functional groups attached to an aromatic ring is 1. The summed E-state index contributed by atoms with van der Waals surface area (Å²) in [6, 6.07) is 1.93. The van der Waals surface area contributed by atoms with Crippen molar-refractivity contribution in [3.8, 4) is 0 Å². The summed E-state index contributed by atoms with van der Waals surface area (Å²) in [7, 11) is 4.15. The number of pyridine rings is 1. The van der Waals surface area contributed by atoms with E-state index in [0.717, 1.165) is 61.5 Å². The maximum atomic E-state index is 11.7. The quantitative estimate of drug-likeness (QED) is 0.579. The fraction of sp³-hybridized carbons (Fsp3) is 0.429. The van der Waals surface area contributed by atoms with E-state index in [-0.39, 0.29) is 0 Å². The molecule has 1 aliphatic heterocycles. The molecule has 2 aromatic rings. The molecule has 0 spiro atoms. The van der Waals surface area contributed by atoms with Crippen LogP contribution in [0.3, 0.4) is 0 Å². The number of nitrogens with zero attached hydrogens (tertiary/aromatic N) is 3. The second-order valence-electron chi connectivity index (χ2n) is 7.39. The Morgan fingerprint density at radius 2 is 2.14 bits per heavy atom. The third-order valence-corrected chi connectivity index (χ3v) is 5.92. The van der Waals surface area contributed by atoms with Crippen LogP contribution < -0.4 is 16.4 Å². The summed E-state index contributed by atoms with van der Waals surface area (Å²) in [6.45, 7) is 3.40. The zero-order chi connectivity index (χ0) is 20.8. The van der Waals surface area contributed by atoms with Crippen LogP contribution >= 0.6 is 11.3 Å². The smallest absolute Gasteiger partial charge is 0.260 e. The monoisotopic (exact) mass is 415 g/mol. The van der Waals surface area contributed by atoms with Crippen LogP contribution in [-0.2, 0) is 4.74 Å². The Bertz CT molecular complexity index is 919. The number of fused-ring (bicyclic) bond motifs is 1. The third kappa shape index (κ3) is 5.35. The van der Waals surface area contributed by atoms with E-state index >= 15 is 0 Å². The van der Waals surface area contributed by atoms with Crippen LogP contribution in [-0.4, -0.2) is 56.2 Å². The van der Waals surface area contributed by atoms with Gasteiger partial charge in [-0.2, -0.15) is 0 Å². The van der Waals surface area contributed by atoms with Crippen molar-refractivity contribution in [2.24, 2.45) is 5.73 Å². The molecule has 156 valence electrons. The molecular weight excluding hydrogens is 386 g/mol. The van der Waals surface area contributed by atoms with Crippen molar-refractivity contribution in [3.63, 3.8) is 0 Å². The highest BCUT2D eigenvalue weighted by Gasteiger charge is 2.20. The highest BCUT2D eigenvalue weighted by Crippen LogP contribution is 2.39. The minimum Gasteiger partial charge on any atom is -0.397 e. The number of anilines is 2. The Morgan fingerprint density at radius 3 is 2.90 bits per heavy atom. The van der Waals surface area contributed by atoms with Gasteiger partial charge in [0.15, 0.2) is 0 Å². The first-order valence-corrected chi connectivity index (χ1v) is 10.6. The molecule has 0 saturated heterocycles. The number of nitrogens with two attached hydrogens (primary N) is 2. The lowest BCUT2D eigenvalue weighted by Gasteiger charge is -2.25. The summed E-state index contributed by atoms with van der Waals surface area (Å²) in [4.78, 5) is 21.4. The van der Waals surface area contributed by atoms with Crippen molar-refractivity contribution in [2.75, 3.05) is 51.0 Å². The molecule has 1 aliphatic rings. The lowest BCUT2D eigenvalue weighted by molar-refractivity contribution is 0.100. The molecular formula is C21H29N5O2S. The van der Waals surface area contributed by atoms with Crippen LogP contribution in [0.5, 0.6) is 0 Å². The Hall–Kier alpha value is -2.42. The maximum absolute atomic E-state index is 11.7. The van der Waals surface area contributed by atoms with E-state index in [1.807, 2.05) is 18.3 Å². The topological polar surface area (TPSA) is 97.7 Å². The van der Waals surface area contributed by atoms with Gasteiger partial charge in [0.2, 0.25) is 0 Å². The Balaban J connectivity index is 1.59. The van der Waals surface area contributed by atoms with Gasteiger partial charge in [-0.05, 0) is 52.0 Å². The molecule has 0 bridgehead atoms. The lowest BCUT2D eigenvalue weighted by Crippen LogP contribution is -2.22. The van der Waals surface area contributed by atoms with Gasteiger partial charge in [-0.15, -0.1) is 11.3 Å². The number of hydrogen-bond acceptors (Lipinski definition) is 7. The van der Waals surface area contributed by atoms with Gasteiger partial charge in [-0.25, -0.2) is 4.98 Å². The van der Waals surface area contributed by atoms with E-state index in [0.29, 0.717) is 10.6 Å². The summed E-state index contributed by atoms with van der Waals surface area (Å²) in [6.07, 6.45) is 11.0. The number of rotatable bonds is 10. The molecule has 0 unspecified atom stereocenters. The summed E-state index contributed by atoms with van der Waals surface area (Å²) >= 11 is 1.24. The van der Waals surface area contributed by atoms with Crippen molar-refractivity contribution >= 4 is 38.8 Å². The fourth-order valence-electron chi connectivity index (χ4n) is 3.37. The number of carbonyl (C=O) groups is 1. The van der Waals surface area contributed by atoms with E-state index in [9.17, 15) is 4.79 Å². The van der Waals surface area contributed by atoms with Crippen LogP contribution in [0.15, 0.2) is 36.2 Å². The van der Waals surface area contributed by atoms with Crippen LogP contribution in [0.2, 0.25) is 0 Å². The van der Waals surface area contributed by atoms with E-state index in [2.05, 4.69) is 35.0 Å². The minimum atomic E-state index is -0.517. The molecule has 0 radical (unpaired) electrons. The van der Waals surface area contributed by atoms with Gasteiger partial charge in [-0.3, -0.25) is 4.79 Å². The van der Waals surface area contributed by atoms with Gasteiger partial charge >= 0.3 is 0 Å². The summed E-state index contributed by atoms with van der Waals surface area (Å²) in [5.74, 6) is -0.517. The standard InChI is InChI=1S/C21H29N5O2S/c1-25(2)10-5-13-28-12-4-7-15-6-3-11-26(14-15)16-8-9-24-21-17(16)18(22)19(29-21)20(23)27/h3,6,8-9,11H,4-5,7,10,12-14,22H2,1-2H3,(H2,23,27). The number of amides is 1. The van der Waals surface area contributed by atoms with Crippen LogP contribution in [0.1, 0.15) is 28.9 Å². The summed E-state index contributed by atoms with van der Waals surface area (Å²) in [5, 5.41) is 0.793. The van der Waals surface area contributed by atoms with Crippen LogP contribution in [0.4, 0.5) is 11.4 Å². The first-order chi connectivity index (χ1) is 14.0. The van der Waals surface area contributed by atoms with Gasteiger partial charge in [-0.1, -0.05) is 11.6 Å². The number of aromatic nitrogens is 1.